The van der Waals surface area contributed by atoms with Crippen LogP contribution in [0.2, 0.25) is 0 Å². The summed E-state index contributed by atoms with van der Waals surface area (Å²) in [5, 5.41) is 3.99. The van der Waals surface area contributed by atoms with Crippen molar-refractivity contribution in [2.45, 2.75) is 6.92 Å². The van der Waals surface area contributed by atoms with E-state index in [1.807, 2.05) is 31.2 Å². The van der Waals surface area contributed by atoms with Crippen LogP contribution in [0, 0.1) is 0 Å². The fourth-order valence-corrected chi connectivity index (χ4v) is 1.14. The normalized spacial score (nSPS) is 20.3. The Labute approximate surface area is 65.1 Å². The van der Waals surface area contributed by atoms with E-state index in [1.54, 1.807) is 0 Å². The summed E-state index contributed by atoms with van der Waals surface area (Å²) in [4.78, 5) is 0. The van der Waals surface area contributed by atoms with Crippen LogP contribution >= 0.6 is 0 Å². The van der Waals surface area contributed by atoms with Crippen LogP contribution < -0.4 is 11.0 Å². The minimum absolute atomic E-state index is 0.996. The molecule has 56 valence electrons. The van der Waals surface area contributed by atoms with Crippen LogP contribution in [-0.4, -0.2) is 5.71 Å². The highest BCUT2D eigenvalue weighted by molar-refractivity contribution is 6.00. The quantitative estimate of drug-likeness (QED) is 0.533. The number of hydrazine groups is 1. The van der Waals surface area contributed by atoms with E-state index in [9.17, 15) is 0 Å². The summed E-state index contributed by atoms with van der Waals surface area (Å²) in [7, 11) is 0. The molecule has 3 heteroatoms. The molecule has 0 aromatic heterocycles. The zero-order valence-corrected chi connectivity index (χ0v) is 6.26. The van der Waals surface area contributed by atoms with Gasteiger partial charge in [0.05, 0.1) is 11.4 Å². The molecular formula is C8H9N3. The van der Waals surface area contributed by atoms with Gasteiger partial charge in [-0.25, -0.2) is 5.53 Å². The van der Waals surface area contributed by atoms with Gasteiger partial charge in [-0.05, 0) is 6.92 Å². The maximum atomic E-state index is 3.99. The summed E-state index contributed by atoms with van der Waals surface area (Å²) >= 11 is 0. The average molecular weight is 147 g/mol. The molecule has 1 aliphatic carbocycles. The molecule has 2 aliphatic rings. The second-order valence-corrected chi connectivity index (χ2v) is 2.48. The van der Waals surface area contributed by atoms with E-state index < -0.39 is 0 Å². The lowest BCUT2D eigenvalue weighted by Crippen LogP contribution is -2.20. The third kappa shape index (κ3) is 0.941. The van der Waals surface area contributed by atoms with Crippen molar-refractivity contribution < 1.29 is 0 Å². The predicted molar refractivity (Wildman–Crippen MR) is 44.7 cm³/mol. The van der Waals surface area contributed by atoms with Crippen molar-refractivity contribution in [1.29, 1.82) is 0 Å². The number of nitrogens with zero attached hydrogens (tertiary/aromatic N) is 1. The number of hydrogen-bond acceptors (Lipinski definition) is 3. The van der Waals surface area contributed by atoms with E-state index in [4.69, 9.17) is 0 Å². The van der Waals surface area contributed by atoms with Crippen LogP contribution in [0.4, 0.5) is 0 Å². The van der Waals surface area contributed by atoms with Crippen LogP contribution in [-0.2, 0) is 0 Å². The van der Waals surface area contributed by atoms with Crippen molar-refractivity contribution in [2.24, 2.45) is 5.10 Å². The molecule has 0 amide bonds. The van der Waals surface area contributed by atoms with Gasteiger partial charge >= 0.3 is 0 Å². The zero-order chi connectivity index (χ0) is 7.68. The summed E-state index contributed by atoms with van der Waals surface area (Å²) in [5.41, 5.74) is 8.92. The Morgan fingerprint density at radius 1 is 1.27 bits per heavy atom. The van der Waals surface area contributed by atoms with Gasteiger partial charge in [-0.2, -0.15) is 5.10 Å². The number of hydrazone groups is 1. The third-order valence-corrected chi connectivity index (χ3v) is 1.72. The Balaban J connectivity index is 2.40. The summed E-state index contributed by atoms with van der Waals surface area (Å²) in [6, 6.07) is 0. The van der Waals surface area contributed by atoms with Gasteiger partial charge in [0.2, 0.25) is 0 Å². The first-order chi connectivity index (χ1) is 5.38. The fraction of sp³-hybridized carbons (Fsp3) is 0.125. The number of rotatable bonds is 0. The van der Waals surface area contributed by atoms with E-state index in [2.05, 4.69) is 16.1 Å². The summed E-state index contributed by atoms with van der Waals surface area (Å²) in [6.07, 6.45) is 8.12. The number of allylic oxidation sites excluding steroid dienone is 6. The molecular weight excluding hydrogens is 138 g/mol. The smallest absolute Gasteiger partial charge is 0.0858 e. The van der Waals surface area contributed by atoms with Crippen molar-refractivity contribution >= 4 is 5.71 Å². The second-order valence-electron chi connectivity index (χ2n) is 2.48. The maximum absolute atomic E-state index is 3.99. The van der Waals surface area contributed by atoms with E-state index in [-0.39, 0.29) is 0 Å². The fourth-order valence-electron chi connectivity index (χ4n) is 1.14. The molecule has 0 atom stereocenters. The van der Waals surface area contributed by atoms with Gasteiger partial charge in [0, 0.05) is 5.57 Å². The van der Waals surface area contributed by atoms with E-state index in [0.29, 0.717) is 0 Å². The van der Waals surface area contributed by atoms with Crippen molar-refractivity contribution in [2.75, 3.05) is 0 Å². The monoisotopic (exact) mass is 147 g/mol. The SMILES string of the molecule is CC1=NNNC1=C1C=CC=C1. The number of nitrogens with one attached hydrogen (secondary N) is 2. The molecule has 0 aromatic rings. The largest absolute Gasteiger partial charge is 0.283 e. The molecule has 0 aromatic carbocycles. The Morgan fingerprint density at radius 3 is 2.55 bits per heavy atom. The summed E-state index contributed by atoms with van der Waals surface area (Å²) in [5.74, 6) is 0. The van der Waals surface area contributed by atoms with Gasteiger partial charge < -0.3 is 0 Å². The molecule has 0 unspecified atom stereocenters. The Bertz CT molecular complexity index is 280. The van der Waals surface area contributed by atoms with Crippen LogP contribution in [0.15, 0.2) is 40.7 Å². The van der Waals surface area contributed by atoms with Gasteiger partial charge in [0.1, 0.15) is 0 Å². The molecule has 2 rings (SSSR count). The molecule has 1 heterocycles. The molecule has 0 spiro atoms. The highest BCUT2D eigenvalue weighted by atomic mass is 15.6. The van der Waals surface area contributed by atoms with Gasteiger partial charge in [-0.1, -0.05) is 24.3 Å². The molecule has 0 bridgehead atoms. The Kier molecular flexibility index (Phi) is 1.28. The molecule has 0 saturated heterocycles. The Morgan fingerprint density at radius 2 is 2.00 bits per heavy atom. The van der Waals surface area contributed by atoms with E-state index in [0.717, 1.165) is 11.4 Å². The highest BCUT2D eigenvalue weighted by Gasteiger charge is 2.11. The van der Waals surface area contributed by atoms with Crippen LogP contribution in [0.25, 0.3) is 0 Å². The van der Waals surface area contributed by atoms with Crippen LogP contribution in [0.1, 0.15) is 6.92 Å². The van der Waals surface area contributed by atoms with Gasteiger partial charge in [0.15, 0.2) is 0 Å². The van der Waals surface area contributed by atoms with Gasteiger partial charge in [0.25, 0.3) is 0 Å². The molecule has 0 radical (unpaired) electrons. The van der Waals surface area contributed by atoms with Crippen LogP contribution in [0.3, 0.4) is 0 Å². The topological polar surface area (TPSA) is 36.4 Å². The maximum Gasteiger partial charge on any atom is 0.0858 e. The second kappa shape index (κ2) is 2.27. The molecule has 3 nitrogen and oxygen atoms in total. The van der Waals surface area contributed by atoms with Crippen molar-refractivity contribution in [3.8, 4) is 0 Å². The predicted octanol–water partition coefficient (Wildman–Crippen LogP) is 0.850. The van der Waals surface area contributed by atoms with Gasteiger partial charge in [-0.3, -0.25) is 5.43 Å². The Hall–Kier alpha value is -1.51. The van der Waals surface area contributed by atoms with Crippen LogP contribution in [0.5, 0.6) is 0 Å². The van der Waals surface area contributed by atoms with Gasteiger partial charge in [-0.15, -0.1) is 0 Å². The van der Waals surface area contributed by atoms with Crippen molar-refractivity contribution in [3.05, 3.63) is 35.6 Å². The third-order valence-electron chi connectivity index (χ3n) is 1.72. The summed E-state index contributed by atoms with van der Waals surface area (Å²) < 4.78 is 0. The van der Waals surface area contributed by atoms with Crippen molar-refractivity contribution in [1.82, 2.24) is 11.0 Å². The molecule has 2 N–H and O–H groups in total. The standard InChI is InChI=1S/C8H9N3/c1-6-8(10-11-9-6)7-4-2-3-5-7/h2-5,10-11H,1H3. The minimum atomic E-state index is 0.996. The van der Waals surface area contributed by atoms with E-state index in [1.165, 1.54) is 5.57 Å². The lowest BCUT2D eigenvalue weighted by atomic mass is 10.2. The molecule has 11 heavy (non-hydrogen) atoms. The highest BCUT2D eigenvalue weighted by Crippen LogP contribution is 2.13. The molecule has 0 saturated carbocycles. The lowest BCUT2D eigenvalue weighted by Gasteiger charge is -1.99. The van der Waals surface area contributed by atoms with Crippen molar-refractivity contribution in [3.63, 3.8) is 0 Å². The first kappa shape index (κ1) is 6.22. The lowest BCUT2D eigenvalue weighted by molar-refractivity contribution is 0.688. The molecule has 1 aliphatic heterocycles. The summed E-state index contributed by atoms with van der Waals surface area (Å²) in [6.45, 7) is 1.97. The zero-order valence-electron chi connectivity index (χ0n) is 6.26. The first-order valence-electron chi connectivity index (χ1n) is 3.52. The van der Waals surface area contributed by atoms with E-state index >= 15 is 0 Å². The average Bonchev–Trinajstić information content (AvgIpc) is 2.55. The number of hydrogen-bond donors (Lipinski definition) is 2. The molecule has 0 fully saturated rings. The first-order valence-corrected chi connectivity index (χ1v) is 3.52. The minimum Gasteiger partial charge on any atom is -0.283 e.